The molecule has 4 nitrogen and oxygen atoms in total. The van der Waals surface area contributed by atoms with Crippen LogP contribution in [0.3, 0.4) is 0 Å². The van der Waals surface area contributed by atoms with Gasteiger partial charge in [-0.05, 0) is 65.4 Å². The summed E-state index contributed by atoms with van der Waals surface area (Å²) in [5.41, 5.74) is 21.0. The van der Waals surface area contributed by atoms with Crippen molar-refractivity contribution >= 4 is 43.8 Å². The molecule has 4 aromatic carbocycles. The third kappa shape index (κ3) is 4.26. The van der Waals surface area contributed by atoms with E-state index in [2.05, 4.69) is 95.0 Å². The molecule has 0 saturated carbocycles. The normalized spacial score (nSPS) is 12.6. The van der Waals surface area contributed by atoms with Gasteiger partial charge in [0.2, 0.25) is 0 Å². The zero-order valence-corrected chi connectivity index (χ0v) is 22.4. The molecule has 0 radical (unpaired) electrons. The molecule has 0 aliphatic heterocycles. The molecule has 2 heterocycles. The van der Waals surface area contributed by atoms with E-state index in [1.807, 2.05) is 43.5 Å². The predicted octanol–water partition coefficient (Wildman–Crippen LogP) is 8.36. The first-order valence-electron chi connectivity index (χ1n) is 13.3. The zero-order valence-electron chi connectivity index (χ0n) is 22.4. The van der Waals surface area contributed by atoms with Crippen LogP contribution in [0.1, 0.15) is 18.2 Å². The molecule has 0 aliphatic carbocycles. The Morgan fingerprint density at radius 1 is 0.850 bits per heavy atom. The minimum atomic E-state index is 0.643. The van der Waals surface area contributed by atoms with E-state index in [0.717, 1.165) is 44.5 Å². The fourth-order valence-corrected chi connectivity index (χ4v) is 5.34. The third-order valence-corrected chi connectivity index (χ3v) is 7.35. The molecule has 0 fully saturated rings. The highest BCUT2D eigenvalue weighted by Crippen LogP contribution is 2.38. The van der Waals surface area contributed by atoms with Crippen LogP contribution in [-0.4, -0.2) is 9.55 Å². The first-order valence-corrected chi connectivity index (χ1v) is 13.3. The summed E-state index contributed by atoms with van der Waals surface area (Å²) in [4.78, 5) is 4.61. The minimum Gasteiger partial charge on any atom is -0.404 e. The molecule has 4 heteroatoms. The molecule has 6 aromatic rings. The van der Waals surface area contributed by atoms with E-state index in [9.17, 15) is 0 Å². The number of fused-ring (bicyclic) bond motifs is 5. The maximum atomic E-state index is 6.16. The average molecular weight is 519 g/mol. The van der Waals surface area contributed by atoms with Crippen molar-refractivity contribution in [1.29, 1.82) is 0 Å². The molecule has 4 N–H and O–H groups in total. The van der Waals surface area contributed by atoms with E-state index < -0.39 is 0 Å². The number of pyridine rings is 1. The number of hydrogen-bond donors (Lipinski definition) is 2. The summed E-state index contributed by atoms with van der Waals surface area (Å²) < 4.78 is 2.35. The second-order valence-corrected chi connectivity index (χ2v) is 9.71. The Bertz CT molecular complexity index is 1970. The Labute approximate surface area is 233 Å². The summed E-state index contributed by atoms with van der Waals surface area (Å²) in [5.74, 6) is 0. The van der Waals surface area contributed by atoms with Crippen molar-refractivity contribution in [3.8, 4) is 16.8 Å². The summed E-state index contributed by atoms with van der Waals surface area (Å²) >= 11 is 0. The number of nitrogens with two attached hydrogens (primary N) is 2. The van der Waals surface area contributed by atoms with E-state index in [0.29, 0.717) is 5.70 Å². The molecule has 6 rings (SSSR count). The Hall–Kier alpha value is -5.35. The summed E-state index contributed by atoms with van der Waals surface area (Å²) in [6, 6.07) is 32.1. The zero-order chi connectivity index (χ0) is 27.6. The Morgan fingerprint density at radius 2 is 1.62 bits per heavy atom. The Morgan fingerprint density at radius 3 is 2.35 bits per heavy atom. The van der Waals surface area contributed by atoms with Gasteiger partial charge in [-0.1, -0.05) is 85.5 Å². The molecule has 194 valence electrons. The van der Waals surface area contributed by atoms with Crippen molar-refractivity contribution in [1.82, 2.24) is 9.55 Å². The highest BCUT2D eigenvalue weighted by molar-refractivity contribution is 6.19. The van der Waals surface area contributed by atoms with Gasteiger partial charge < -0.3 is 16.0 Å². The average Bonchev–Trinajstić information content (AvgIpc) is 3.35. The van der Waals surface area contributed by atoms with E-state index in [1.54, 1.807) is 12.3 Å². The molecule has 0 amide bonds. The van der Waals surface area contributed by atoms with Crippen LogP contribution in [0.4, 0.5) is 0 Å². The first-order chi connectivity index (χ1) is 19.6. The Kier molecular flexibility index (Phi) is 6.51. The van der Waals surface area contributed by atoms with E-state index in [4.69, 9.17) is 11.5 Å². The SMILES string of the molecule is C=C/C(=C\N)c1ccc2c3ccc4cc(-c5ccc(/C(N)=C/C=C\C)nc5)ccc4c3n(-c3ccccc3)c2c1. The highest BCUT2D eigenvalue weighted by Gasteiger charge is 2.16. The molecule has 0 atom stereocenters. The van der Waals surface area contributed by atoms with Crippen molar-refractivity contribution in [2.24, 2.45) is 11.5 Å². The van der Waals surface area contributed by atoms with Crippen LogP contribution in [0.5, 0.6) is 0 Å². The number of rotatable bonds is 6. The second-order valence-electron chi connectivity index (χ2n) is 9.71. The molecule has 0 spiro atoms. The van der Waals surface area contributed by atoms with Crippen LogP contribution in [0, 0.1) is 0 Å². The molecule has 40 heavy (non-hydrogen) atoms. The van der Waals surface area contributed by atoms with E-state index in [1.165, 1.54) is 21.7 Å². The van der Waals surface area contributed by atoms with Gasteiger partial charge in [-0.25, -0.2) is 0 Å². The molecule has 0 aliphatic rings. The lowest BCUT2D eigenvalue weighted by Crippen LogP contribution is -1.98. The fraction of sp³-hybridized carbons (Fsp3) is 0.0278. The smallest absolute Gasteiger partial charge is 0.0859 e. The molecular weight excluding hydrogens is 488 g/mol. The van der Waals surface area contributed by atoms with Crippen LogP contribution >= 0.6 is 0 Å². The number of para-hydroxylation sites is 1. The largest absolute Gasteiger partial charge is 0.404 e. The molecule has 0 saturated heterocycles. The van der Waals surface area contributed by atoms with Crippen LogP contribution in [0.25, 0.3) is 60.7 Å². The lowest BCUT2D eigenvalue weighted by molar-refractivity contribution is 1.19. The predicted molar refractivity (Wildman–Crippen MR) is 171 cm³/mol. The summed E-state index contributed by atoms with van der Waals surface area (Å²) in [6.45, 7) is 5.90. The van der Waals surface area contributed by atoms with Gasteiger partial charge in [0.15, 0.2) is 0 Å². The van der Waals surface area contributed by atoms with Crippen molar-refractivity contribution in [2.75, 3.05) is 0 Å². The van der Waals surface area contributed by atoms with Crippen molar-refractivity contribution in [3.05, 3.63) is 146 Å². The van der Waals surface area contributed by atoms with Gasteiger partial charge in [-0.3, -0.25) is 4.98 Å². The van der Waals surface area contributed by atoms with Crippen LogP contribution in [0.15, 0.2) is 134 Å². The number of aromatic nitrogens is 2. The number of allylic oxidation sites excluding steroid dienone is 5. The van der Waals surface area contributed by atoms with Gasteiger partial charge in [0.05, 0.1) is 22.4 Å². The maximum absolute atomic E-state index is 6.16. The van der Waals surface area contributed by atoms with Gasteiger partial charge in [0, 0.05) is 39.8 Å². The number of hydrogen-bond acceptors (Lipinski definition) is 3. The standard InChI is InChI=1S/C36H30N4/c1-3-5-11-33(38)34-19-15-28(23-39-34)25-12-16-30-27(20-25)14-18-32-31-17-13-26(24(4-2)22-37)21-35(31)40(36(30)32)29-9-7-6-8-10-29/h3-23H,2,37-38H2,1H3/b5-3-,24-22+,33-11-. The fourth-order valence-electron chi connectivity index (χ4n) is 5.34. The molecular formula is C36H30N4. The summed E-state index contributed by atoms with van der Waals surface area (Å²) in [6.07, 6.45) is 11.0. The van der Waals surface area contributed by atoms with Crippen LogP contribution in [0.2, 0.25) is 0 Å². The van der Waals surface area contributed by atoms with Crippen LogP contribution < -0.4 is 11.5 Å². The van der Waals surface area contributed by atoms with Gasteiger partial charge >= 0.3 is 0 Å². The van der Waals surface area contributed by atoms with Crippen LogP contribution in [-0.2, 0) is 0 Å². The lowest BCUT2D eigenvalue weighted by atomic mass is 9.99. The Balaban J connectivity index is 1.55. The molecule has 0 bridgehead atoms. The quantitative estimate of drug-likeness (QED) is 0.218. The monoisotopic (exact) mass is 518 g/mol. The number of nitrogens with zero attached hydrogens (tertiary/aromatic N) is 2. The highest BCUT2D eigenvalue weighted by atomic mass is 15.0. The number of benzene rings is 4. The van der Waals surface area contributed by atoms with Gasteiger partial charge in [-0.2, -0.15) is 0 Å². The van der Waals surface area contributed by atoms with E-state index in [-0.39, 0.29) is 0 Å². The van der Waals surface area contributed by atoms with Gasteiger partial charge in [-0.15, -0.1) is 0 Å². The first kappa shape index (κ1) is 25.0. The van der Waals surface area contributed by atoms with E-state index >= 15 is 0 Å². The maximum Gasteiger partial charge on any atom is 0.0859 e. The lowest BCUT2D eigenvalue weighted by Gasteiger charge is -2.11. The van der Waals surface area contributed by atoms with Crippen molar-refractivity contribution in [2.45, 2.75) is 6.92 Å². The van der Waals surface area contributed by atoms with Crippen molar-refractivity contribution in [3.63, 3.8) is 0 Å². The summed E-state index contributed by atoms with van der Waals surface area (Å²) in [5, 5.41) is 4.74. The van der Waals surface area contributed by atoms with Crippen molar-refractivity contribution < 1.29 is 0 Å². The minimum absolute atomic E-state index is 0.643. The van der Waals surface area contributed by atoms with Gasteiger partial charge in [0.25, 0.3) is 0 Å². The molecule has 0 unspecified atom stereocenters. The van der Waals surface area contributed by atoms with Gasteiger partial charge in [0.1, 0.15) is 0 Å². The third-order valence-electron chi connectivity index (χ3n) is 7.35. The molecule has 2 aromatic heterocycles. The topological polar surface area (TPSA) is 69.9 Å². The summed E-state index contributed by atoms with van der Waals surface area (Å²) in [7, 11) is 0. The second kappa shape index (κ2) is 10.4.